The average Bonchev–Trinajstić information content (AvgIpc) is 2.28. The van der Waals surface area contributed by atoms with Gasteiger partial charge < -0.3 is 16.2 Å². The lowest BCUT2D eigenvalue weighted by Crippen LogP contribution is -2.44. The van der Waals surface area contributed by atoms with Gasteiger partial charge in [0, 0.05) is 12.1 Å². The molecule has 0 unspecified atom stereocenters. The third-order valence-corrected chi connectivity index (χ3v) is 2.51. The second-order valence-corrected chi connectivity index (χ2v) is 4.00. The van der Waals surface area contributed by atoms with E-state index in [1.165, 1.54) is 24.3 Å². The Labute approximate surface area is 108 Å². The smallest absolute Gasteiger partial charge is 0.405 e. The van der Waals surface area contributed by atoms with Crippen molar-refractivity contribution in [1.82, 2.24) is 5.32 Å². The number of nitrogens with one attached hydrogen (secondary N) is 1. The Bertz CT molecular complexity index is 475. The molecule has 0 bridgehead atoms. The Morgan fingerprint density at radius 1 is 1.50 bits per heavy atom. The summed E-state index contributed by atoms with van der Waals surface area (Å²) >= 11 is 4.75. The summed E-state index contributed by atoms with van der Waals surface area (Å²) in [7, 11) is 0. The van der Waals surface area contributed by atoms with Crippen molar-refractivity contribution in [1.29, 1.82) is 0 Å². The molecular weight excluding hydrogens is 258 g/mol. The predicted octanol–water partition coefficient (Wildman–Crippen LogP) is 1.06. The van der Waals surface area contributed by atoms with E-state index in [4.69, 9.17) is 23.1 Å². The van der Waals surface area contributed by atoms with Gasteiger partial charge >= 0.3 is 6.09 Å². The first kappa shape index (κ1) is 13.8. The van der Waals surface area contributed by atoms with E-state index in [1.54, 1.807) is 0 Å². The van der Waals surface area contributed by atoms with Crippen LogP contribution < -0.4 is 11.1 Å². The van der Waals surface area contributed by atoms with Crippen LogP contribution in [-0.2, 0) is 6.42 Å². The van der Waals surface area contributed by atoms with Crippen molar-refractivity contribution in [3.8, 4) is 0 Å². The maximum absolute atomic E-state index is 10.5. The Balaban J connectivity index is 2.78. The molecule has 1 aromatic rings. The molecule has 1 aromatic carbocycles. The maximum atomic E-state index is 10.5. The molecule has 0 radical (unpaired) electrons. The lowest BCUT2D eigenvalue weighted by molar-refractivity contribution is -0.384. The van der Waals surface area contributed by atoms with Crippen LogP contribution in [0.2, 0.25) is 0 Å². The number of carbonyl (C=O) groups is 1. The molecular formula is C10H11N3O4S. The highest BCUT2D eigenvalue weighted by Crippen LogP contribution is 2.13. The third-order valence-electron chi connectivity index (χ3n) is 2.23. The SMILES string of the molecule is NC(=S)[C@H](Cc1ccc([N+](=O)[O-])cc1)NC(=O)O. The Hall–Kier alpha value is -2.22. The van der Waals surface area contributed by atoms with Gasteiger partial charge in [-0.25, -0.2) is 4.79 Å². The van der Waals surface area contributed by atoms with Gasteiger partial charge in [-0.05, 0) is 12.0 Å². The van der Waals surface area contributed by atoms with E-state index in [1.807, 2.05) is 0 Å². The molecule has 0 spiro atoms. The van der Waals surface area contributed by atoms with E-state index in [0.717, 1.165) is 0 Å². The molecule has 8 heteroatoms. The van der Waals surface area contributed by atoms with Gasteiger partial charge in [-0.15, -0.1) is 0 Å². The summed E-state index contributed by atoms with van der Waals surface area (Å²) in [6.07, 6.45) is -0.977. The highest BCUT2D eigenvalue weighted by Gasteiger charge is 2.15. The van der Waals surface area contributed by atoms with Crippen molar-refractivity contribution in [2.75, 3.05) is 0 Å². The number of hydrogen-bond donors (Lipinski definition) is 3. The second kappa shape index (κ2) is 5.92. The monoisotopic (exact) mass is 269 g/mol. The van der Waals surface area contributed by atoms with Crippen molar-refractivity contribution in [2.24, 2.45) is 5.73 Å². The number of amides is 1. The lowest BCUT2D eigenvalue weighted by atomic mass is 10.1. The molecule has 0 saturated carbocycles. The minimum absolute atomic E-state index is 0.0238. The first-order chi connectivity index (χ1) is 8.40. The molecule has 0 fully saturated rings. The number of thiocarbonyl (C=S) groups is 1. The molecule has 1 atom stereocenters. The van der Waals surface area contributed by atoms with Crippen LogP contribution in [-0.4, -0.2) is 27.2 Å². The summed E-state index contributed by atoms with van der Waals surface area (Å²) in [4.78, 5) is 20.5. The zero-order valence-electron chi connectivity index (χ0n) is 9.20. The fraction of sp³-hybridized carbons (Fsp3) is 0.200. The summed E-state index contributed by atoms with van der Waals surface area (Å²) in [5, 5.41) is 21.3. The first-order valence-electron chi connectivity index (χ1n) is 4.92. The van der Waals surface area contributed by atoms with Crippen molar-refractivity contribution < 1.29 is 14.8 Å². The summed E-state index contributed by atoms with van der Waals surface area (Å²) in [6, 6.07) is 5.05. The van der Waals surface area contributed by atoms with Gasteiger partial charge in [0.15, 0.2) is 0 Å². The molecule has 0 saturated heterocycles. The highest BCUT2D eigenvalue weighted by atomic mass is 32.1. The van der Waals surface area contributed by atoms with E-state index < -0.39 is 17.1 Å². The van der Waals surface area contributed by atoms with Crippen molar-refractivity contribution in [2.45, 2.75) is 12.5 Å². The molecule has 18 heavy (non-hydrogen) atoms. The van der Waals surface area contributed by atoms with Crippen LogP contribution in [0.5, 0.6) is 0 Å². The molecule has 0 aromatic heterocycles. The molecule has 0 aliphatic rings. The van der Waals surface area contributed by atoms with Gasteiger partial charge in [-0.3, -0.25) is 10.1 Å². The summed E-state index contributed by atoms with van der Waals surface area (Å²) in [5.74, 6) is 0. The van der Waals surface area contributed by atoms with E-state index in [2.05, 4.69) is 5.32 Å². The van der Waals surface area contributed by atoms with Crippen LogP contribution in [0.15, 0.2) is 24.3 Å². The number of nitro benzene ring substituents is 1. The number of rotatable bonds is 5. The molecule has 0 aliphatic heterocycles. The van der Waals surface area contributed by atoms with E-state index in [9.17, 15) is 14.9 Å². The number of hydrogen-bond acceptors (Lipinski definition) is 4. The number of nitrogens with zero attached hydrogens (tertiary/aromatic N) is 1. The van der Waals surface area contributed by atoms with Crippen LogP contribution in [0.3, 0.4) is 0 Å². The topological polar surface area (TPSA) is 118 Å². The fourth-order valence-electron chi connectivity index (χ4n) is 1.36. The minimum atomic E-state index is -1.23. The predicted molar refractivity (Wildman–Crippen MR) is 68.5 cm³/mol. The third kappa shape index (κ3) is 3.98. The van der Waals surface area contributed by atoms with Crippen LogP contribution in [0, 0.1) is 10.1 Å². The van der Waals surface area contributed by atoms with Crippen molar-refractivity contribution in [3.05, 3.63) is 39.9 Å². The van der Waals surface area contributed by atoms with Crippen LogP contribution >= 0.6 is 12.2 Å². The van der Waals surface area contributed by atoms with Gasteiger partial charge in [-0.1, -0.05) is 24.4 Å². The summed E-state index contributed by atoms with van der Waals surface area (Å²) in [5.41, 5.74) is 6.08. The second-order valence-electron chi connectivity index (χ2n) is 3.53. The van der Waals surface area contributed by atoms with Crippen LogP contribution in [0.25, 0.3) is 0 Å². The molecule has 7 nitrogen and oxygen atoms in total. The van der Waals surface area contributed by atoms with Crippen molar-refractivity contribution >= 4 is 29.0 Å². The quantitative estimate of drug-likeness (QED) is 0.418. The highest BCUT2D eigenvalue weighted by molar-refractivity contribution is 7.80. The van der Waals surface area contributed by atoms with E-state index in [-0.39, 0.29) is 17.1 Å². The van der Waals surface area contributed by atoms with Gasteiger partial charge in [0.25, 0.3) is 5.69 Å². The van der Waals surface area contributed by atoms with Crippen molar-refractivity contribution in [3.63, 3.8) is 0 Å². The zero-order chi connectivity index (χ0) is 13.7. The number of nitro groups is 1. The normalized spacial score (nSPS) is 11.6. The largest absolute Gasteiger partial charge is 0.465 e. The van der Waals surface area contributed by atoms with Gasteiger partial charge in [-0.2, -0.15) is 0 Å². The number of carboxylic acid groups (broad SMARTS) is 1. The summed E-state index contributed by atoms with van der Waals surface area (Å²) in [6.45, 7) is 0. The molecule has 1 amide bonds. The maximum Gasteiger partial charge on any atom is 0.405 e. The van der Waals surface area contributed by atoms with Gasteiger partial charge in [0.05, 0.1) is 16.0 Å². The van der Waals surface area contributed by atoms with E-state index >= 15 is 0 Å². The lowest BCUT2D eigenvalue weighted by Gasteiger charge is -2.15. The van der Waals surface area contributed by atoms with Crippen LogP contribution in [0.1, 0.15) is 5.56 Å². The van der Waals surface area contributed by atoms with Crippen LogP contribution in [0.4, 0.5) is 10.5 Å². The fourth-order valence-corrected chi connectivity index (χ4v) is 1.50. The Kier molecular flexibility index (Phi) is 4.55. The molecule has 0 heterocycles. The summed E-state index contributed by atoms with van der Waals surface area (Å²) < 4.78 is 0. The minimum Gasteiger partial charge on any atom is -0.465 e. The Morgan fingerprint density at radius 3 is 2.44 bits per heavy atom. The standard InChI is InChI=1S/C10H11N3O4S/c11-9(18)8(12-10(14)15)5-6-1-3-7(4-2-6)13(16)17/h1-4,8,12H,5H2,(H2,11,18)(H,14,15)/t8-/m0/s1. The van der Waals surface area contributed by atoms with Gasteiger partial charge in [0.2, 0.25) is 0 Å². The Morgan fingerprint density at radius 2 is 2.06 bits per heavy atom. The average molecular weight is 269 g/mol. The zero-order valence-corrected chi connectivity index (χ0v) is 10.0. The van der Waals surface area contributed by atoms with Gasteiger partial charge in [0.1, 0.15) is 0 Å². The number of nitrogens with two attached hydrogens (primary N) is 1. The number of non-ortho nitro benzene ring substituents is 1. The molecule has 1 rings (SSSR count). The molecule has 0 aliphatic carbocycles. The first-order valence-corrected chi connectivity index (χ1v) is 5.33. The van der Waals surface area contributed by atoms with E-state index in [0.29, 0.717) is 5.56 Å². The number of benzene rings is 1. The molecule has 96 valence electrons. The molecule has 4 N–H and O–H groups in total.